The number of anilines is 1. The first-order chi connectivity index (χ1) is 21.6. The summed E-state index contributed by atoms with van der Waals surface area (Å²) in [5, 5.41) is 11.5. The van der Waals surface area contributed by atoms with E-state index in [1.54, 1.807) is 72.8 Å². The molecule has 0 radical (unpaired) electrons. The Morgan fingerprint density at radius 1 is 1.00 bits per heavy atom. The molecule has 2 aliphatic rings. The summed E-state index contributed by atoms with van der Waals surface area (Å²) in [4.78, 5) is 39.8. The summed E-state index contributed by atoms with van der Waals surface area (Å²) in [6.45, 7) is 6.40. The minimum Gasteiger partial charge on any atom is -0.489 e. The molecule has 45 heavy (non-hydrogen) atoms. The number of rotatable bonds is 5. The molecule has 0 fully saturated rings. The number of fused-ring (bicyclic) bond motifs is 2. The van der Waals surface area contributed by atoms with E-state index in [1.165, 1.54) is 11.0 Å². The molecule has 1 heterocycles. The number of allylic oxidation sites excluding steroid dienone is 3. The van der Waals surface area contributed by atoms with E-state index >= 15 is 0 Å². The fourth-order valence-electron chi connectivity index (χ4n) is 5.21. The molecule has 0 saturated carbocycles. The van der Waals surface area contributed by atoms with Crippen molar-refractivity contribution in [2.24, 2.45) is 0 Å². The van der Waals surface area contributed by atoms with Crippen molar-refractivity contribution in [1.82, 2.24) is 0 Å². The van der Waals surface area contributed by atoms with Gasteiger partial charge in [-0.3, -0.25) is 19.8 Å². The zero-order valence-electron chi connectivity index (χ0n) is 25.3. The van der Waals surface area contributed by atoms with Crippen LogP contribution >= 0.6 is 0 Å². The smallest absolute Gasteiger partial charge is 0.421 e. The quantitative estimate of drug-likeness (QED) is 0.127. The van der Waals surface area contributed by atoms with Crippen LogP contribution in [-0.4, -0.2) is 30.9 Å². The highest BCUT2D eigenvalue weighted by atomic mass is 28.3. The molecule has 1 amide bonds. The summed E-state index contributed by atoms with van der Waals surface area (Å²) in [5.41, 5.74) is 5.95. The Morgan fingerprint density at radius 2 is 1.73 bits per heavy atom. The van der Waals surface area contributed by atoms with Crippen LogP contribution in [-0.2, 0) is 11.4 Å². The molecule has 3 aromatic carbocycles. The average molecular weight is 617 g/mol. The van der Waals surface area contributed by atoms with Crippen LogP contribution in [0.5, 0.6) is 11.5 Å². The zero-order valence-corrected chi connectivity index (χ0v) is 26.3. The van der Waals surface area contributed by atoms with Crippen LogP contribution in [0, 0.1) is 33.4 Å². The second-order valence-corrected chi connectivity index (χ2v) is 16.4. The molecule has 0 spiro atoms. The first kappa shape index (κ1) is 31.1. The normalized spacial score (nSPS) is 15.7. The van der Waals surface area contributed by atoms with Crippen LogP contribution in [0.4, 0.5) is 16.2 Å². The maximum atomic E-state index is 13.9. The fraction of sp³-hybridized carbons (Fsp3) is 0.222. The number of carbonyl (C=O) groups is 2. The van der Waals surface area contributed by atoms with Gasteiger partial charge in [0.15, 0.2) is 5.78 Å². The van der Waals surface area contributed by atoms with E-state index in [0.29, 0.717) is 53.1 Å². The monoisotopic (exact) mass is 616 g/mol. The van der Waals surface area contributed by atoms with Gasteiger partial charge in [0.25, 0.3) is 5.69 Å². The van der Waals surface area contributed by atoms with Crippen LogP contribution in [0.3, 0.4) is 0 Å². The molecule has 226 valence electrons. The van der Waals surface area contributed by atoms with Gasteiger partial charge in [-0.05, 0) is 60.9 Å². The van der Waals surface area contributed by atoms with E-state index in [1.807, 2.05) is 6.07 Å². The Kier molecular flexibility index (Phi) is 9.32. The number of nitrogens with zero attached hydrogens (tertiary/aromatic N) is 2. The molecular weight excluding hydrogens is 584 g/mol. The Morgan fingerprint density at radius 3 is 2.49 bits per heavy atom. The zero-order chi connectivity index (χ0) is 32.0. The molecule has 8 nitrogen and oxygen atoms in total. The number of carbonyl (C=O) groups excluding carboxylic acids is 2. The lowest BCUT2D eigenvalue weighted by Gasteiger charge is -2.38. The summed E-state index contributed by atoms with van der Waals surface area (Å²) in [7, 11) is -1.55. The number of Topliss-reactive ketones (excluding diaryl/α,β-unsaturated/α-hetero) is 1. The highest BCUT2D eigenvalue weighted by Crippen LogP contribution is 2.45. The molecule has 1 aliphatic carbocycles. The Hall–Kier alpha value is -5.38. The number of ketones is 1. The third-order valence-corrected chi connectivity index (χ3v) is 8.08. The lowest BCUT2D eigenvalue weighted by molar-refractivity contribution is -0.385. The van der Waals surface area contributed by atoms with Crippen LogP contribution < -0.4 is 14.4 Å². The number of nitro benzene ring substituents is 1. The molecule has 0 N–H and O–H groups in total. The molecule has 0 saturated heterocycles. The number of amides is 1. The maximum Gasteiger partial charge on any atom is 0.421 e. The van der Waals surface area contributed by atoms with Crippen molar-refractivity contribution >= 4 is 36.9 Å². The summed E-state index contributed by atoms with van der Waals surface area (Å²) in [5.74, 6) is 10.0. The highest BCUT2D eigenvalue weighted by molar-refractivity contribution is 6.83. The predicted octanol–water partition coefficient (Wildman–Crippen LogP) is 7.51. The molecule has 3 aromatic rings. The van der Waals surface area contributed by atoms with Gasteiger partial charge in [-0.15, -0.1) is 5.54 Å². The minimum absolute atomic E-state index is 0.00880. The van der Waals surface area contributed by atoms with Crippen molar-refractivity contribution in [3.8, 4) is 34.8 Å². The lowest BCUT2D eigenvalue weighted by atomic mass is 9.79. The first-order valence-corrected chi connectivity index (χ1v) is 18.1. The van der Waals surface area contributed by atoms with Crippen molar-refractivity contribution in [2.45, 2.75) is 51.6 Å². The number of hydrogen-bond acceptors (Lipinski definition) is 6. The van der Waals surface area contributed by atoms with Crippen molar-refractivity contribution in [3.05, 3.63) is 112 Å². The molecule has 1 aliphatic heterocycles. The van der Waals surface area contributed by atoms with E-state index in [0.717, 1.165) is 5.57 Å². The summed E-state index contributed by atoms with van der Waals surface area (Å²) in [6.07, 6.45) is 4.34. The molecule has 1 atom stereocenters. The summed E-state index contributed by atoms with van der Waals surface area (Å²) in [6, 6.07) is 19.4. The van der Waals surface area contributed by atoms with Gasteiger partial charge in [-0.1, -0.05) is 67.7 Å². The molecular formula is C36H32N2O6Si. The van der Waals surface area contributed by atoms with E-state index in [4.69, 9.17) is 9.47 Å². The van der Waals surface area contributed by atoms with Crippen molar-refractivity contribution < 1.29 is 24.0 Å². The third kappa shape index (κ3) is 7.41. The van der Waals surface area contributed by atoms with Crippen LogP contribution in [0.25, 0.3) is 5.57 Å². The van der Waals surface area contributed by atoms with Gasteiger partial charge in [0.2, 0.25) is 0 Å². The lowest BCUT2D eigenvalue weighted by Crippen LogP contribution is -2.46. The third-order valence-electron chi connectivity index (χ3n) is 7.18. The minimum atomic E-state index is -1.55. The second-order valence-electron chi connectivity index (χ2n) is 11.6. The van der Waals surface area contributed by atoms with Crippen molar-refractivity contribution in [3.63, 3.8) is 0 Å². The number of hydrogen-bond donors (Lipinski definition) is 0. The number of nitro groups is 1. The van der Waals surface area contributed by atoms with Gasteiger partial charge in [-0.25, -0.2) is 4.79 Å². The van der Waals surface area contributed by atoms with Gasteiger partial charge in [0.1, 0.15) is 32.2 Å². The Bertz CT molecular complexity index is 1830. The van der Waals surface area contributed by atoms with E-state index in [-0.39, 0.29) is 18.1 Å². The summed E-state index contributed by atoms with van der Waals surface area (Å²) < 4.78 is 11.8. The molecule has 0 aromatic heterocycles. The highest BCUT2D eigenvalue weighted by Gasteiger charge is 2.40. The topological polar surface area (TPSA) is 99.0 Å². The standard InChI is InChI=1S/C36H32N2O6Si/c1-45(2,3)23-12-5-4-9-19-32-29-17-13-20-34(39)35(29)30-22-21-28(43-25-26-14-10-11-18-31(26)38(41)42)24-33(30)37(32)36(40)44-27-15-7-6-8-16-27/h4-8,10-11,14-16,18,21-22,24,32H,13,17,20,25H2,1-3H3/b5-4-. The van der Waals surface area contributed by atoms with Gasteiger partial charge in [0, 0.05) is 29.7 Å². The molecule has 1 unspecified atom stereocenters. The van der Waals surface area contributed by atoms with E-state index in [2.05, 4.69) is 42.9 Å². The number of benzene rings is 3. The molecule has 0 bridgehead atoms. The van der Waals surface area contributed by atoms with Gasteiger partial charge in [0.05, 0.1) is 16.2 Å². The number of ether oxygens (including phenoxy) is 2. The van der Waals surface area contributed by atoms with Crippen LogP contribution in [0.1, 0.15) is 30.4 Å². The molecule has 9 heteroatoms. The second kappa shape index (κ2) is 13.5. The maximum absolute atomic E-state index is 13.9. The first-order valence-electron chi connectivity index (χ1n) is 14.6. The van der Waals surface area contributed by atoms with Crippen molar-refractivity contribution in [1.29, 1.82) is 0 Å². The van der Waals surface area contributed by atoms with Gasteiger partial charge < -0.3 is 9.47 Å². The SMILES string of the molecule is C[Si](C)(C)C#C/C=C\C#CC1C2=C(C(=O)CCC2)c2ccc(OCc3ccccc3[N+](=O)[O-])cc2N1C(=O)Oc1ccccc1. The van der Waals surface area contributed by atoms with Crippen LogP contribution in [0.2, 0.25) is 19.6 Å². The van der Waals surface area contributed by atoms with Crippen LogP contribution in [0.15, 0.2) is 90.5 Å². The van der Waals surface area contributed by atoms with E-state index in [9.17, 15) is 19.7 Å². The summed E-state index contributed by atoms with van der Waals surface area (Å²) >= 11 is 0. The fourth-order valence-corrected chi connectivity index (χ4v) is 5.72. The average Bonchev–Trinajstić information content (AvgIpc) is 3.01. The Labute approximate surface area is 263 Å². The van der Waals surface area contributed by atoms with E-state index < -0.39 is 25.1 Å². The van der Waals surface area contributed by atoms with Gasteiger partial charge in [-0.2, -0.15) is 0 Å². The van der Waals surface area contributed by atoms with Gasteiger partial charge >= 0.3 is 6.09 Å². The largest absolute Gasteiger partial charge is 0.489 e. The van der Waals surface area contributed by atoms with Crippen molar-refractivity contribution in [2.75, 3.05) is 4.90 Å². The molecule has 5 rings (SSSR count). The Balaban J connectivity index is 1.57. The predicted molar refractivity (Wildman–Crippen MR) is 176 cm³/mol. The number of para-hydroxylation sites is 2.